The van der Waals surface area contributed by atoms with Gasteiger partial charge in [-0.1, -0.05) is 0 Å². The lowest BCUT2D eigenvalue weighted by Gasteiger charge is -2.43. The Kier molecular flexibility index (Phi) is 3.73. The summed E-state index contributed by atoms with van der Waals surface area (Å²) in [6, 6.07) is 6.53. The number of nitro groups is 1. The molecule has 0 saturated carbocycles. The molecule has 7 nitrogen and oxygen atoms in total. The fourth-order valence-corrected chi connectivity index (χ4v) is 2.76. The monoisotopic (exact) mass is 288 g/mol. The minimum atomic E-state index is -0.476. The molecule has 21 heavy (non-hydrogen) atoms. The lowest BCUT2D eigenvalue weighted by Crippen LogP contribution is -2.54. The Bertz CT molecular complexity index is 586. The Balaban J connectivity index is 1.72. The van der Waals surface area contributed by atoms with E-state index in [1.807, 2.05) is 0 Å². The highest BCUT2D eigenvalue weighted by molar-refractivity contribution is 5.63. The molecule has 1 aromatic rings. The molecule has 2 fully saturated rings. The van der Waals surface area contributed by atoms with E-state index >= 15 is 0 Å². The number of nitrogens with zero attached hydrogens (tertiary/aromatic N) is 4. The van der Waals surface area contributed by atoms with Crippen molar-refractivity contribution in [3.63, 3.8) is 0 Å². The van der Waals surface area contributed by atoms with Gasteiger partial charge in [0, 0.05) is 44.7 Å². The Morgan fingerprint density at radius 2 is 2.05 bits per heavy atom. The molecule has 110 valence electrons. The first-order valence-corrected chi connectivity index (χ1v) is 6.98. The van der Waals surface area contributed by atoms with Gasteiger partial charge in [0.1, 0.15) is 12.3 Å². The van der Waals surface area contributed by atoms with E-state index in [1.54, 1.807) is 6.07 Å². The van der Waals surface area contributed by atoms with Crippen LogP contribution >= 0.6 is 0 Å². The van der Waals surface area contributed by atoms with Crippen molar-refractivity contribution in [2.45, 2.75) is 12.6 Å². The molecule has 2 aliphatic heterocycles. The Morgan fingerprint density at radius 3 is 2.57 bits per heavy atom. The maximum atomic E-state index is 10.8. The van der Waals surface area contributed by atoms with Crippen molar-refractivity contribution in [3.8, 4) is 6.07 Å². The maximum Gasteiger partial charge on any atom is 0.270 e. The number of anilines is 1. The predicted octanol–water partition coefficient (Wildman–Crippen LogP) is 1.33. The van der Waals surface area contributed by atoms with E-state index in [0.29, 0.717) is 5.56 Å². The highest BCUT2D eigenvalue weighted by atomic mass is 16.6. The van der Waals surface area contributed by atoms with Crippen LogP contribution in [0.4, 0.5) is 11.4 Å². The normalized spacial score (nSPS) is 22.4. The Morgan fingerprint density at radius 1 is 1.33 bits per heavy atom. The molecule has 7 heteroatoms. The van der Waals surface area contributed by atoms with Gasteiger partial charge in [-0.2, -0.15) is 5.26 Å². The fraction of sp³-hybridized carbons (Fsp3) is 0.500. The topological polar surface area (TPSA) is 82.6 Å². The summed E-state index contributed by atoms with van der Waals surface area (Å²) in [6.45, 7) is 4.20. The number of nitriles is 1. The maximum absolute atomic E-state index is 10.8. The molecule has 0 amide bonds. The summed E-state index contributed by atoms with van der Waals surface area (Å²) < 4.78 is 5.48. The highest BCUT2D eigenvalue weighted by Crippen LogP contribution is 2.27. The number of hydrogen-bond acceptors (Lipinski definition) is 6. The van der Waals surface area contributed by atoms with E-state index in [9.17, 15) is 15.4 Å². The van der Waals surface area contributed by atoms with Gasteiger partial charge >= 0.3 is 0 Å². The molecule has 1 unspecified atom stereocenters. The van der Waals surface area contributed by atoms with E-state index in [1.165, 1.54) is 12.1 Å². The summed E-state index contributed by atoms with van der Waals surface area (Å²) >= 11 is 0. The summed E-state index contributed by atoms with van der Waals surface area (Å²) in [5, 5.41) is 20.0. The first-order chi connectivity index (χ1) is 10.2. The smallest absolute Gasteiger partial charge is 0.270 e. The van der Waals surface area contributed by atoms with E-state index in [4.69, 9.17) is 4.74 Å². The van der Waals surface area contributed by atoms with E-state index < -0.39 is 4.92 Å². The van der Waals surface area contributed by atoms with Crippen molar-refractivity contribution in [2.24, 2.45) is 0 Å². The van der Waals surface area contributed by atoms with Crippen LogP contribution < -0.4 is 4.90 Å². The first kappa shape index (κ1) is 13.8. The van der Waals surface area contributed by atoms with Crippen LogP contribution in [0.2, 0.25) is 0 Å². The number of ether oxygens (including phenoxy) is 1. The molecule has 1 aromatic carbocycles. The number of piperazine rings is 1. The molecule has 2 aliphatic rings. The zero-order chi connectivity index (χ0) is 14.8. The fourth-order valence-electron chi connectivity index (χ4n) is 2.76. The second kappa shape index (κ2) is 5.68. The molecule has 3 rings (SSSR count). The average Bonchev–Trinajstić information content (AvgIpc) is 2.45. The molecule has 0 bridgehead atoms. The molecule has 2 heterocycles. The SMILES string of the molecule is N#Cc1cc([N+](=O)[O-])ccc1N1CCN(C2CCO2)CC1. The largest absolute Gasteiger partial charge is 0.368 e. The first-order valence-electron chi connectivity index (χ1n) is 6.98. The van der Waals surface area contributed by atoms with E-state index in [-0.39, 0.29) is 11.9 Å². The van der Waals surface area contributed by atoms with Crippen molar-refractivity contribution < 1.29 is 9.66 Å². The van der Waals surface area contributed by atoms with Crippen LogP contribution in [0.15, 0.2) is 18.2 Å². The van der Waals surface area contributed by atoms with Crippen molar-refractivity contribution in [1.29, 1.82) is 5.26 Å². The molecule has 0 aliphatic carbocycles. The third kappa shape index (κ3) is 2.68. The van der Waals surface area contributed by atoms with E-state index in [0.717, 1.165) is 44.9 Å². The van der Waals surface area contributed by atoms with Gasteiger partial charge in [0.15, 0.2) is 0 Å². The van der Waals surface area contributed by atoms with Crippen molar-refractivity contribution in [1.82, 2.24) is 4.90 Å². The molecule has 0 spiro atoms. The average molecular weight is 288 g/mol. The summed E-state index contributed by atoms with van der Waals surface area (Å²) in [5.41, 5.74) is 1.09. The van der Waals surface area contributed by atoms with Crippen LogP contribution in [0.25, 0.3) is 0 Å². The third-order valence-electron chi connectivity index (χ3n) is 4.05. The number of benzene rings is 1. The van der Waals surface area contributed by atoms with Gasteiger partial charge in [-0.15, -0.1) is 0 Å². The van der Waals surface area contributed by atoms with Crippen LogP contribution in [0.1, 0.15) is 12.0 Å². The van der Waals surface area contributed by atoms with Crippen LogP contribution in [0.5, 0.6) is 0 Å². The molecule has 0 aromatic heterocycles. The third-order valence-corrected chi connectivity index (χ3v) is 4.05. The summed E-state index contributed by atoms with van der Waals surface area (Å²) in [5.74, 6) is 0. The van der Waals surface area contributed by atoms with Crippen LogP contribution in [0.3, 0.4) is 0 Å². The minimum absolute atomic E-state index is 0.0446. The summed E-state index contributed by atoms with van der Waals surface area (Å²) in [4.78, 5) is 14.7. The molecule has 0 N–H and O–H groups in total. The minimum Gasteiger partial charge on any atom is -0.368 e. The molecular formula is C14H16N4O3. The van der Waals surface area contributed by atoms with Gasteiger partial charge in [0.25, 0.3) is 5.69 Å². The molecular weight excluding hydrogens is 272 g/mol. The lowest BCUT2D eigenvalue weighted by atomic mass is 10.1. The van der Waals surface area contributed by atoms with Gasteiger partial charge in [0.2, 0.25) is 0 Å². The van der Waals surface area contributed by atoms with Crippen LogP contribution in [0, 0.1) is 21.4 Å². The highest BCUT2D eigenvalue weighted by Gasteiger charge is 2.29. The Labute approximate surface area is 122 Å². The second-order valence-electron chi connectivity index (χ2n) is 5.21. The van der Waals surface area contributed by atoms with Crippen molar-refractivity contribution in [3.05, 3.63) is 33.9 Å². The van der Waals surface area contributed by atoms with Gasteiger partial charge in [0.05, 0.1) is 22.8 Å². The standard InChI is InChI=1S/C14H16N4O3/c15-10-11-9-12(18(19)20)1-2-13(11)16-4-6-17(7-5-16)14-3-8-21-14/h1-2,9,14H,3-8H2. The quantitative estimate of drug-likeness (QED) is 0.616. The molecule has 2 saturated heterocycles. The zero-order valence-corrected chi connectivity index (χ0v) is 11.6. The predicted molar refractivity (Wildman–Crippen MR) is 76.0 cm³/mol. The van der Waals surface area contributed by atoms with Crippen LogP contribution in [-0.4, -0.2) is 48.8 Å². The van der Waals surface area contributed by atoms with Crippen molar-refractivity contribution >= 4 is 11.4 Å². The van der Waals surface area contributed by atoms with Crippen molar-refractivity contribution in [2.75, 3.05) is 37.7 Å². The number of non-ortho nitro benzene ring substituents is 1. The molecule has 1 atom stereocenters. The lowest BCUT2D eigenvalue weighted by molar-refractivity contribution is -0.384. The second-order valence-corrected chi connectivity index (χ2v) is 5.21. The van der Waals surface area contributed by atoms with E-state index in [2.05, 4.69) is 15.9 Å². The zero-order valence-electron chi connectivity index (χ0n) is 11.6. The molecule has 0 radical (unpaired) electrons. The summed E-state index contributed by atoms with van der Waals surface area (Å²) in [6.07, 6.45) is 1.33. The van der Waals surface area contributed by atoms with Gasteiger partial charge < -0.3 is 9.64 Å². The van der Waals surface area contributed by atoms with Crippen LogP contribution in [-0.2, 0) is 4.74 Å². The number of rotatable bonds is 3. The van der Waals surface area contributed by atoms with Gasteiger partial charge in [-0.3, -0.25) is 15.0 Å². The number of nitro benzene ring substituents is 1. The number of hydrogen-bond donors (Lipinski definition) is 0. The summed E-state index contributed by atoms with van der Waals surface area (Å²) in [7, 11) is 0. The van der Waals surface area contributed by atoms with Gasteiger partial charge in [-0.05, 0) is 6.07 Å². The Hall–Kier alpha value is -2.17. The van der Waals surface area contributed by atoms with Gasteiger partial charge in [-0.25, -0.2) is 0 Å².